The van der Waals surface area contributed by atoms with Crippen LogP contribution in [0.15, 0.2) is 18.6 Å². The van der Waals surface area contributed by atoms with Crippen LogP contribution in [0.25, 0.3) is 0 Å². The summed E-state index contributed by atoms with van der Waals surface area (Å²) in [5, 5.41) is 3.48. The van der Waals surface area contributed by atoms with E-state index in [9.17, 15) is 4.79 Å². The molecule has 1 aromatic rings. The molecule has 0 radical (unpaired) electrons. The van der Waals surface area contributed by atoms with Crippen molar-refractivity contribution < 1.29 is 4.79 Å². The minimum Gasteiger partial charge on any atom is -0.336 e. The van der Waals surface area contributed by atoms with E-state index < -0.39 is 0 Å². The summed E-state index contributed by atoms with van der Waals surface area (Å²) < 4.78 is 0. The van der Waals surface area contributed by atoms with Crippen molar-refractivity contribution in [2.24, 2.45) is 0 Å². The maximum Gasteiger partial charge on any atom is 0.274 e. The third-order valence-electron chi connectivity index (χ3n) is 3.42. The first kappa shape index (κ1) is 13.9. The van der Waals surface area contributed by atoms with Crippen LogP contribution in [0.4, 0.5) is 0 Å². The number of nitrogens with one attached hydrogen (secondary N) is 1. The molecule has 0 saturated carbocycles. The van der Waals surface area contributed by atoms with E-state index in [1.807, 2.05) is 4.90 Å². The molecule has 1 aliphatic heterocycles. The second kappa shape index (κ2) is 7.19. The van der Waals surface area contributed by atoms with Gasteiger partial charge in [-0.2, -0.15) is 0 Å². The molecule has 0 aromatic carbocycles. The van der Waals surface area contributed by atoms with Crippen molar-refractivity contribution in [2.45, 2.75) is 38.6 Å². The van der Waals surface area contributed by atoms with Crippen LogP contribution in [0.1, 0.15) is 43.1 Å². The largest absolute Gasteiger partial charge is 0.336 e. The van der Waals surface area contributed by atoms with Crippen molar-refractivity contribution in [3.05, 3.63) is 24.3 Å². The second-order valence-electron chi connectivity index (χ2n) is 4.99. The predicted molar refractivity (Wildman–Crippen MR) is 73.9 cm³/mol. The van der Waals surface area contributed by atoms with E-state index in [1.54, 1.807) is 18.6 Å². The zero-order chi connectivity index (χ0) is 13.5. The summed E-state index contributed by atoms with van der Waals surface area (Å²) in [6.07, 6.45) is 9.28. The van der Waals surface area contributed by atoms with Crippen LogP contribution in [0, 0.1) is 0 Å². The number of hydrogen-bond acceptors (Lipinski definition) is 4. The Labute approximate surface area is 114 Å². The third kappa shape index (κ3) is 3.99. The number of piperidine rings is 1. The van der Waals surface area contributed by atoms with Crippen LogP contribution in [0.2, 0.25) is 0 Å². The molecule has 1 amide bonds. The summed E-state index contributed by atoms with van der Waals surface area (Å²) in [7, 11) is 0. The van der Waals surface area contributed by atoms with Crippen molar-refractivity contribution in [3.8, 4) is 0 Å². The summed E-state index contributed by atoms with van der Waals surface area (Å²) in [4.78, 5) is 22.4. The highest BCUT2D eigenvalue weighted by Crippen LogP contribution is 2.10. The van der Waals surface area contributed by atoms with Crippen molar-refractivity contribution in [1.82, 2.24) is 20.2 Å². The van der Waals surface area contributed by atoms with Gasteiger partial charge in [0.25, 0.3) is 5.91 Å². The van der Waals surface area contributed by atoms with Gasteiger partial charge >= 0.3 is 0 Å². The predicted octanol–water partition coefficient (Wildman–Crippen LogP) is 1.47. The zero-order valence-electron chi connectivity index (χ0n) is 11.5. The van der Waals surface area contributed by atoms with Crippen LogP contribution in [-0.4, -0.2) is 46.5 Å². The first-order valence-corrected chi connectivity index (χ1v) is 7.10. The number of amides is 1. The van der Waals surface area contributed by atoms with E-state index in [1.165, 1.54) is 12.8 Å². The molecule has 1 saturated heterocycles. The van der Waals surface area contributed by atoms with E-state index in [0.717, 1.165) is 32.5 Å². The minimum absolute atomic E-state index is 0.0117. The molecule has 0 spiro atoms. The van der Waals surface area contributed by atoms with Gasteiger partial charge in [-0.1, -0.05) is 13.3 Å². The molecule has 104 valence electrons. The fourth-order valence-corrected chi connectivity index (χ4v) is 2.46. The van der Waals surface area contributed by atoms with E-state index in [-0.39, 0.29) is 5.91 Å². The molecule has 1 atom stereocenters. The third-order valence-corrected chi connectivity index (χ3v) is 3.42. The Morgan fingerprint density at radius 1 is 1.47 bits per heavy atom. The highest BCUT2D eigenvalue weighted by Gasteiger charge is 2.21. The van der Waals surface area contributed by atoms with E-state index in [4.69, 9.17) is 0 Å². The molecule has 19 heavy (non-hydrogen) atoms. The maximum absolute atomic E-state index is 12.4. The lowest BCUT2D eigenvalue weighted by Gasteiger charge is -2.30. The Kier molecular flexibility index (Phi) is 5.27. The summed E-state index contributed by atoms with van der Waals surface area (Å²) in [5.41, 5.74) is 0.437. The number of rotatable bonds is 5. The molecule has 1 N–H and O–H groups in total. The summed E-state index contributed by atoms with van der Waals surface area (Å²) in [5.74, 6) is -0.0117. The first-order valence-electron chi connectivity index (χ1n) is 7.10. The number of aromatic nitrogens is 2. The van der Waals surface area contributed by atoms with Gasteiger partial charge in [-0.3, -0.25) is 9.78 Å². The summed E-state index contributed by atoms with van der Waals surface area (Å²) in [6.45, 7) is 4.69. The average Bonchev–Trinajstić information content (AvgIpc) is 2.48. The number of carbonyl (C=O) groups is 1. The monoisotopic (exact) mass is 262 g/mol. The zero-order valence-corrected chi connectivity index (χ0v) is 11.5. The molecule has 1 unspecified atom stereocenters. The lowest BCUT2D eigenvalue weighted by atomic mass is 10.0. The lowest BCUT2D eigenvalue weighted by molar-refractivity contribution is 0.0725. The molecule has 5 nitrogen and oxygen atoms in total. The standard InChI is InChI=1S/C14H22N4O/c1-2-9-18(11-12-5-3-4-6-16-12)14(19)13-10-15-7-8-17-13/h7-8,10,12,16H,2-6,9,11H2,1H3. The normalized spacial score (nSPS) is 19.1. The SMILES string of the molecule is CCCN(CC1CCCCN1)C(=O)c1cnccn1. The van der Waals surface area contributed by atoms with Crippen LogP contribution < -0.4 is 5.32 Å². The van der Waals surface area contributed by atoms with Crippen molar-refractivity contribution in [1.29, 1.82) is 0 Å². The lowest BCUT2D eigenvalue weighted by Crippen LogP contribution is -2.46. The van der Waals surface area contributed by atoms with Crippen LogP contribution in [0.5, 0.6) is 0 Å². The highest BCUT2D eigenvalue weighted by molar-refractivity contribution is 5.91. The molecule has 1 aromatic heterocycles. The molecular formula is C14H22N4O. The van der Waals surface area contributed by atoms with Gasteiger partial charge in [0.15, 0.2) is 0 Å². The molecule has 2 rings (SSSR count). The van der Waals surface area contributed by atoms with Gasteiger partial charge in [0.1, 0.15) is 5.69 Å². The smallest absolute Gasteiger partial charge is 0.274 e. The fourth-order valence-electron chi connectivity index (χ4n) is 2.46. The fraction of sp³-hybridized carbons (Fsp3) is 0.643. The number of hydrogen-bond donors (Lipinski definition) is 1. The van der Waals surface area contributed by atoms with E-state index in [2.05, 4.69) is 22.2 Å². The quantitative estimate of drug-likeness (QED) is 0.873. The number of carbonyl (C=O) groups excluding carboxylic acids is 1. The molecule has 0 aliphatic carbocycles. The van der Waals surface area contributed by atoms with Crippen molar-refractivity contribution >= 4 is 5.91 Å². The molecule has 2 heterocycles. The van der Waals surface area contributed by atoms with Gasteiger partial charge in [-0.25, -0.2) is 4.98 Å². The van der Waals surface area contributed by atoms with Gasteiger partial charge in [0, 0.05) is 31.5 Å². The van der Waals surface area contributed by atoms with Crippen LogP contribution in [0.3, 0.4) is 0 Å². The van der Waals surface area contributed by atoms with Gasteiger partial charge in [0.05, 0.1) is 6.20 Å². The Hall–Kier alpha value is -1.49. The number of nitrogens with zero attached hydrogens (tertiary/aromatic N) is 3. The van der Waals surface area contributed by atoms with Gasteiger partial charge in [-0.15, -0.1) is 0 Å². The van der Waals surface area contributed by atoms with Crippen molar-refractivity contribution in [3.63, 3.8) is 0 Å². The average molecular weight is 262 g/mol. The van der Waals surface area contributed by atoms with Gasteiger partial charge in [0.2, 0.25) is 0 Å². The molecule has 0 bridgehead atoms. The molecule has 1 fully saturated rings. The Morgan fingerprint density at radius 3 is 3.00 bits per heavy atom. The topological polar surface area (TPSA) is 58.1 Å². The van der Waals surface area contributed by atoms with Crippen molar-refractivity contribution in [2.75, 3.05) is 19.6 Å². The Morgan fingerprint density at radius 2 is 2.37 bits per heavy atom. The van der Waals surface area contributed by atoms with Gasteiger partial charge < -0.3 is 10.2 Å². The van der Waals surface area contributed by atoms with Crippen LogP contribution >= 0.6 is 0 Å². The van der Waals surface area contributed by atoms with E-state index >= 15 is 0 Å². The highest BCUT2D eigenvalue weighted by atomic mass is 16.2. The second-order valence-corrected chi connectivity index (χ2v) is 4.99. The Balaban J connectivity index is 2.00. The summed E-state index contributed by atoms with van der Waals surface area (Å²) in [6, 6.07) is 0.418. The molecule has 1 aliphatic rings. The van der Waals surface area contributed by atoms with E-state index in [0.29, 0.717) is 11.7 Å². The van der Waals surface area contributed by atoms with Gasteiger partial charge in [-0.05, 0) is 25.8 Å². The summed E-state index contributed by atoms with van der Waals surface area (Å²) >= 11 is 0. The minimum atomic E-state index is -0.0117. The Bertz CT molecular complexity index is 390. The molecule has 5 heteroatoms. The molecular weight excluding hydrogens is 240 g/mol. The maximum atomic E-state index is 12.4. The first-order chi connectivity index (χ1) is 9.31. The van der Waals surface area contributed by atoms with Crippen LogP contribution in [-0.2, 0) is 0 Å².